The molecule has 0 fully saturated rings. The Balaban J connectivity index is 1.20. The van der Waals surface area contributed by atoms with E-state index in [9.17, 15) is 19.2 Å². The highest BCUT2D eigenvalue weighted by atomic mass is 16.5. The van der Waals surface area contributed by atoms with Crippen molar-refractivity contribution in [3.8, 4) is 0 Å². The average Bonchev–Trinajstić information content (AvgIpc) is 3.12. The molecule has 3 aromatic carbocycles. The van der Waals surface area contributed by atoms with E-state index in [2.05, 4.69) is 6.07 Å². The van der Waals surface area contributed by atoms with E-state index < -0.39 is 5.97 Å². The third kappa shape index (κ3) is 4.08. The Morgan fingerprint density at radius 3 is 2.24 bits per heavy atom. The number of ether oxygens (including phenoxy) is 1. The van der Waals surface area contributed by atoms with E-state index >= 15 is 0 Å². The van der Waals surface area contributed by atoms with Crippen LogP contribution in [0.2, 0.25) is 0 Å². The summed E-state index contributed by atoms with van der Waals surface area (Å²) in [6.07, 6.45) is 0.774. The van der Waals surface area contributed by atoms with Gasteiger partial charge in [-0.25, -0.2) is 4.79 Å². The second-order valence-electron chi connectivity index (χ2n) is 8.35. The average molecular weight is 454 g/mol. The van der Waals surface area contributed by atoms with Crippen molar-refractivity contribution in [3.05, 3.63) is 106 Å². The summed E-state index contributed by atoms with van der Waals surface area (Å²) < 4.78 is 5.27. The zero-order valence-corrected chi connectivity index (χ0v) is 18.4. The first kappa shape index (κ1) is 21.6. The zero-order chi connectivity index (χ0) is 23.7. The molecule has 0 saturated heterocycles. The third-order valence-electron chi connectivity index (χ3n) is 6.19. The first-order valence-corrected chi connectivity index (χ1v) is 11.1. The number of amides is 3. The van der Waals surface area contributed by atoms with Crippen LogP contribution in [0.5, 0.6) is 0 Å². The largest absolute Gasteiger partial charge is 0.452 e. The predicted octanol–water partition coefficient (Wildman–Crippen LogP) is 3.22. The van der Waals surface area contributed by atoms with E-state index in [0.29, 0.717) is 29.8 Å². The van der Waals surface area contributed by atoms with Crippen LogP contribution < -0.4 is 0 Å². The molecule has 0 N–H and O–H groups in total. The standard InChI is InChI=1S/C27H22N2O5/c30-24(28-13-12-19-7-1-2-8-21(19)16-28)17-34-27(33)20-9-5-6-18(14-20)15-29-25(31)22-10-3-4-11-23(22)26(29)32/h1-11,14H,12-13,15-17H2. The highest BCUT2D eigenvalue weighted by Gasteiger charge is 2.35. The summed E-state index contributed by atoms with van der Waals surface area (Å²) in [5, 5.41) is 0. The number of carbonyl (C=O) groups excluding carboxylic acids is 4. The Labute approximate surface area is 196 Å². The molecule has 34 heavy (non-hydrogen) atoms. The molecule has 0 unspecified atom stereocenters. The van der Waals surface area contributed by atoms with Crippen molar-refractivity contribution in [2.24, 2.45) is 0 Å². The molecule has 0 bridgehead atoms. The SMILES string of the molecule is O=C(OCC(=O)N1CCc2ccccc2C1)c1cccc(CN2C(=O)c3ccccc3C2=O)c1. The molecule has 7 nitrogen and oxygen atoms in total. The quantitative estimate of drug-likeness (QED) is 0.437. The summed E-state index contributed by atoms with van der Waals surface area (Å²) in [6.45, 7) is 0.786. The molecule has 0 atom stereocenters. The first-order valence-electron chi connectivity index (χ1n) is 11.1. The Morgan fingerprint density at radius 2 is 1.50 bits per heavy atom. The van der Waals surface area contributed by atoms with Crippen LogP contribution >= 0.6 is 0 Å². The van der Waals surface area contributed by atoms with Gasteiger partial charge < -0.3 is 9.64 Å². The van der Waals surface area contributed by atoms with Gasteiger partial charge in [0.2, 0.25) is 0 Å². The van der Waals surface area contributed by atoms with Crippen molar-refractivity contribution in [1.29, 1.82) is 0 Å². The number of imide groups is 1. The fourth-order valence-corrected chi connectivity index (χ4v) is 4.37. The molecule has 2 aliphatic heterocycles. The number of hydrogen-bond donors (Lipinski definition) is 0. The summed E-state index contributed by atoms with van der Waals surface area (Å²) in [5.41, 5.74) is 3.96. The molecule has 7 heteroatoms. The smallest absolute Gasteiger partial charge is 0.338 e. The summed E-state index contributed by atoms with van der Waals surface area (Å²) in [4.78, 5) is 53.2. The van der Waals surface area contributed by atoms with Gasteiger partial charge in [-0.1, -0.05) is 48.5 Å². The Bertz CT molecular complexity index is 1280. The highest BCUT2D eigenvalue weighted by Crippen LogP contribution is 2.24. The second-order valence-corrected chi connectivity index (χ2v) is 8.35. The van der Waals surface area contributed by atoms with Gasteiger partial charge in [0.1, 0.15) is 0 Å². The van der Waals surface area contributed by atoms with Gasteiger partial charge in [0, 0.05) is 13.1 Å². The van der Waals surface area contributed by atoms with E-state index in [1.54, 1.807) is 53.4 Å². The molecule has 3 amide bonds. The van der Waals surface area contributed by atoms with Crippen LogP contribution in [-0.2, 0) is 29.0 Å². The Hall–Kier alpha value is -4.26. The van der Waals surface area contributed by atoms with Crippen LogP contribution in [0, 0.1) is 0 Å². The first-order chi connectivity index (χ1) is 16.5. The van der Waals surface area contributed by atoms with Crippen molar-refractivity contribution < 1.29 is 23.9 Å². The van der Waals surface area contributed by atoms with Crippen LogP contribution in [0.1, 0.15) is 47.8 Å². The lowest BCUT2D eigenvalue weighted by Crippen LogP contribution is -2.38. The molecule has 5 rings (SSSR count). The number of carbonyl (C=O) groups is 4. The molecular formula is C27H22N2O5. The molecular weight excluding hydrogens is 432 g/mol. The molecule has 0 aromatic heterocycles. The van der Waals surface area contributed by atoms with Crippen LogP contribution in [0.4, 0.5) is 0 Å². The predicted molar refractivity (Wildman–Crippen MR) is 123 cm³/mol. The maximum atomic E-state index is 12.6. The molecule has 170 valence electrons. The van der Waals surface area contributed by atoms with E-state index in [-0.39, 0.29) is 36.4 Å². The third-order valence-corrected chi connectivity index (χ3v) is 6.19. The van der Waals surface area contributed by atoms with E-state index in [0.717, 1.165) is 16.9 Å². The number of nitrogens with zero attached hydrogens (tertiary/aromatic N) is 2. The highest BCUT2D eigenvalue weighted by molar-refractivity contribution is 6.21. The van der Waals surface area contributed by atoms with Gasteiger partial charge in [-0.05, 0) is 47.4 Å². The topological polar surface area (TPSA) is 84.0 Å². The van der Waals surface area contributed by atoms with Gasteiger partial charge in [0.25, 0.3) is 17.7 Å². The van der Waals surface area contributed by atoms with Crippen molar-refractivity contribution >= 4 is 23.7 Å². The van der Waals surface area contributed by atoms with Crippen molar-refractivity contribution in [3.63, 3.8) is 0 Å². The Kier molecular flexibility index (Phi) is 5.67. The minimum atomic E-state index is -0.630. The lowest BCUT2D eigenvalue weighted by molar-refractivity contribution is -0.135. The number of rotatable bonds is 5. The van der Waals surface area contributed by atoms with Crippen LogP contribution in [0.15, 0.2) is 72.8 Å². The number of fused-ring (bicyclic) bond motifs is 2. The van der Waals surface area contributed by atoms with Crippen molar-refractivity contribution in [2.45, 2.75) is 19.5 Å². The molecule has 0 aliphatic carbocycles. The lowest BCUT2D eigenvalue weighted by Gasteiger charge is -2.28. The van der Waals surface area contributed by atoms with Crippen LogP contribution in [0.25, 0.3) is 0 Å². The number of esters is 1. The molecule has 2 heterocycles. The molecule has 3 aromatic rings. The van der Waals surface area contributed by atoms with Crippen molar-refractivity contribution in [1.82, 2.24) is 9.80 Å². The molecule has 2 aliphatic rings. The van der Waals surface area contributed by atoms with Gasteiger partial charge in [-0.2, -0.15) is 0 Å². The minimum Gasteiger partial charge on any atom is -0.452 e. The maximum absolute atomic E-state index is 12.6. The van der Waals surface area contributed by atoms with E-state index in [4.69, 9.17) is 4.74 Å². The summed E-state index contributed by atoms with van der Waals surface area (Å²) in [6, 6.07) is 21.2. The molecule has 0 spiro atoms. The van der Waals surface area contributed by atoms with E-state index in [1.165, 1.54) is 5.56 Å². The van der Waals surface area contributed by atoms with Crippen molar-refractivity contribution in [2.75, 3.05) is 13.2 Å². The molecule has 0 saturated carbocycles. The maximum Gasteiger partial charge on any atom is 0.338 e. The van der Waals surface area contributed by atoms with Crippen LogP contribution in [0.3, 0.4) is 0 Å². The van der Waals surface area contributed by atoms with Gasteiger partial charge in [0.05, 0.1) is 23.2 Å². The molecule has 0 radical (unpaired) electrons. The van der Waals surface area contributed by atoms with Gasteiger partial charge in [-0.15, -0.1) is 0 Å². The number of benzene rings is 3. The van der Waals surface area contributed by atoms with Gasteiger partial charge in [0.15, 0.2) is 6.61 Å². The number of hydrogen-bond acceptors (Lipinski definition) is 5. The summed E-state index contributed by atoms with van der Waals surface area (Å²) >= 11 is 0. The van der Waals surface area contributed by atoms with Gasteiger partial charge >= 0.3 is 5.97 Å². The Morgan fingerprint density at radius 1 is 0.824 bits per heavy atom. The fourth-order valence-electron chi connectivity index (χ4n) is 4.37. The summed E-state index contributed by atoms with van der Waals surface area (Å²) in [5.74, 6) is -1.59. The lowest BCUT2D eigenvalue weighted by atomic mass is 10.00. The minimum absolute atomic E-state index is 0.0413. The summed E-state index contributed by atoms with van der Waals surface area (Å²) in [7, 11) is 0. The zero-order valence-electron chi connectivity index (χ0n) is 18.4. The fraction of sp³-hybridized carbons (Fsp3) is 0.185. The second kappa shape index (κ2) is 8.94. The normalized spacial score (nSPS) is 14.6. The van der Waals surface area contributed by atoms with Gasteiger partial charge in [-0.3, -0.25) is 19.3 Å². The van der Waals surface area contributed by atoms with E-state index in [1.807, 2.05) is 18.2 Å². The monoisotopic (exact) mass is 454 g/mol. The van der Waals surface area contributed by atoms with Crippen LogP contribution in [-0.4, -0.2) is 46.6 Å².